The minimum atomic E-state index is 0.354. The molecular formula is C14H15NOS. The monoisotopic (exact) mass is 245 g/mol. The fraction of sp³-hybridized carbons (Fsp3) is 0.286. The molecule has 2 nitrogen and oxygen atoms in total. The Balaban J connectivity index is 2.01. The van der Waals surface area contributed by atoms with Gasteiger partial charge in [0.2, 0.25) is 0 Å². The van der Waals surface area contributed by atoms with Gasteiger partial charge >= 0.3 is 0 Å². The van der Waals surface area contributed by atoms with Crippen LogP contribution in [-0.2, 0) is 0 Å². The molecule has 2 N–H and O–H groups in total. The van der Waals surface area contributed by atoms with E-state index in [0.717, 1.165) is 16.5 Å². The van der Waals surface area contributed by atoms with Crippen LogP contribution in [0.2, 0.25) is 0 Å². The molecule has 0 aliphatic carbocycles. The van der Waals surface area contributed by atoms with Crippen molar-refractivity contribution in [3.63, 3.8) is 0 Å². The molecule has 1 unspecified atom stereocenters. The van der Waals surface area contributed by atoms with Crippen LogP contribution in [0.15, 0.2) is 36.4 Å². The van der Waals surface area contributed by atoms with E-state index in [1.54, 1.807) is 6.07 Å². The summed E-state index contributed by atoms with van der Waals surface area (Å²) in [5.74, 6) is 2.77. The van der Waals surface area contributed by atoms with Crippen LogP contribution in [0, 0.1) is 0 Å². The van der Waals surface area contributed by atoms with Gasteiger partial charge in [0.25, 0.3) is 0 Å². The summed E-state index contributed by atoms with van der Waals surface area (Å²) in [7, 11) is 0. The first kappa shape index (κ1) is 10.8. The van der Waals surface area contributed by atoms with Crippen LogP contribution in [0.5, 0.6) is 5.75 Å². The van der Waals surface area contributed by atoms with E-state index in [-0.39, 0.29) is 0 Å². The summed E-state index contributed by atoms with van der Waals surface area (Å²) in [6.45, 7) is 0. The first-order valence-electron chi connectivity index (χ1n) is 5.89. The number of phenols is 1. The number of aromatic hydroxyl groups is 1. The van der Waals surface area contributed by atoms with E-state index in [4.69, 9.17) is 0 Å². The van der Waals surface area contributed by atoms with Gasteiger partial charge in [0, 0.05) is 28.3 Å². The van der Waals surface area contributed by atoms with Gasteiger partial charge in [0.15, 0.2) is 0 Å². The largest absolute Gasteiger partial charge is 0.507 e. The topological polar surface area (TPSA) is 32.3 Å². The Bertz CT molecular complexity index is 535. The van der Waals surface area contributed by atoms with E-state index in [2.05, 4.69) is 17.4 Å². The van der Waals surface area contributed by atoms with Crippen molar-refractivity contribution >= 4 is 28.2 Å². The Kier molecular flexibility index (Phi) is 2.85. The molecule has 3 rings (SSSR count). The molecule has 88 valence electrons. The maximum Gasteiger partial charge on any atom is 0.123 e. The van der Waals surface area contributed by atoms with Gasteiger partial charge in [-0.25, -0.2) is 0 Å². The molecular weight excluding hydrogens is 230 g/mol. The number of anilines is 1. The summed E-state index contributed by atoms with van der Waals surface area (Å²) in [5.41, 5.74) is 1.13. The highest BCUT2D eigenvalue weighted by molar-refractivity contribution is 7.99. The van der Waals surface area contributed by atoms with Crippen LogP contribution in [0.1, 0.15) is 6.42 Å². The van der Waals surface area contributed by atoms with Crippen LogP contribution >= 0.6 is 11.8 Å². The quantitative estimate of drug-likeness (QED) is 0.849. The van der Waals surface area contributed by atoms with E-state index in [1.165, 1.54) is 17.9 Å². The normalized spacial score (nSPS) is 19.6. The number of thioether (sulfide) groups is 1. The van der Waals surface area contributed by atoms with E-state index < -0.39 is 0 Å². The second-order valence-corrected chi connectivity index (χ2v) is 5.53. The third kappa shape index (κ3) is 2.07. The second-order valence-electron chi connectivity index (χ2n) is 4.38. The van der Waals surface area contributed by atoms with Gasteiger partial charge in [0.05, 0.1) is 0 Å². The minimum Gasteiger partial charge on any atom is -0.507 e. The fourth-order valence-electron chi connectivity index (χ4n) is 2.29. The Labute approximate surface area is 105 Å². The van der Waals surface area contributed by atoms with Crippen molar-refractivity contribution in [3.8, 4) is 5.75 Å². The van der Waals surface area contributed by atoms with E-state index >= 15 is 0 Å². The van der Waals surface area contributed by atoms with Crippen molar-refractivity contribution in [2.45, 2.75) is 12.5 Å². The van der Waals surface area contributed by atoms with Crippen molar-refractivity contribution in [3.05, 3.63) is 36.4 Å². The van der Waals surface area contributed by atoms with Gasteiger partial charge < -0.3 is 10.4 Å². The Morgan fingerprint density at radius 1 is 1.12 bits per heavy atom. The first-order chi connectivity index (χ1) is 8.34. The Hall–Kier alpha value is -1.35. The van der Waals surface area contributed by atoms with Gasteiger partial charge in [-0.05, 0) is 24.3 Å². The molecule has 1 fully saturated rings. The molecule has 1 aliphatic rings. The SMILES string of the molecule is Oc1cccc2c(NC3CCSC3)cccc12. The average Bonchev–Trinajstić information content (AvgIpc) is 2.83. The second kappa shape index (κ2) is 4.49. The molecule has 0 saturated carbocycles. The van der Waals surface area contributed by atoms with Gasteiger partial charge in [-0.3, -0.25) is 0 Å². The van der Waals surface area contributed by atoms with Gasteiger partial charge in [-0.15, -0.1) is 0 Å². The van der Waals surface area contributed by atoms with Crippen LogP contribution in [-0.4, -0.2) is 22.7 Å². The molecule has 0 aromatic heterocycles. The molecule has 0 bridgehead atoms. The fourth-order valence-corrected chi connectivity index (χ4v) is 3.44. The third-order valence-corrected chi connectivity index (χ3v) is 4.35. The molecule has 1 saturated heterocycles. The van der Waals surface area contributed by atoms with E-state index in [9.17, 15) is 5.11 Å². The number of phenolic OH excluding ortho intramolecular Hbond substituents is 1. The van der Waals surface area contributed by atoms with E-state index in [1.807, 2.05) is 30.0 Å². The summed E-state index contributed by atoms with van der Waals surface area (Å²) < 4.78 is 0. The predicted molar refractivity (Wildman–Crippen MR) is 75.0 cm³/mol. The van der Waals surface area contributed by atoms with Crippen molar-refractivity contribution in [2.24, 2.45) is 0 Å². The number of hydrogen-bond donors (Lipinski definition) is 2. The number of hydrogen-bond acceptors (Lipinski definition) is 3. The molecule has 2 aromatic rings. The highest BCUT2D eigenvalue weighted by atomic mass is 32.2. The average molecular weight is 245 g/mol. The van der Waals surface area contributed by atoms with Gasteiger partial charge in [0.1, 0.15) is 5.75 Å². The lowest BCUT2D eigenvalue weighted by atomic mass is 10.1. The summed E-state index contributed by atoms with van der Waals surface area (Å²) in [6, 6.07) is 12.3. The lowest BCUT2D eigenvalue weighted by molar-refractivity contribution is 0.481. The van der Waals surface area contributed by atoms with Crippen LogP contribution in [0.3, 0.4) is 0 Å². The molecule has 0 amide bonds. The zero-order valence-corrected chi connectivity index (χ0v) is 10.3. The highest BCUT2D eigenvalue weighted by Crippen LogP contribution is 2.31. The molecule has 1 atom stereocenters. The number of benzene rings is 2. The summed E-state index contributed by atoms with van der Waals surface area (Å²) >= 11 is 2.00. The number of nitrogens with one attached hydrogen (secondary N) is 1. The zero-order chi connectivity index (χ0) is 11.7. The van der Waals surface area contributed by atoms with Gasteiger partial charge in [-0.2, -0.15) is 11.8 Å². The molecule has 3 heteroatoms. The molecule has 2 aromatic carbocycles. The lowest BCUT2D eigenvalue weighted by Gasteiger charge is -2.15. The minimum absolute atomic E-state index is 0.354. The molecule has 1 aliphatic heterocycles. The van der Waals surface area contributed by atoms with E-state index in [0.29, 0.717) is 11.8 Å². The van der Waals surface area contributed by atoms with Crippen molar-refractivity contribution in [2.75, 3.05) is 16.8 Å². The highest BCUT2D eigenvalue weighted by Gasteiger charge is 2.15. The van der Waals surface area contributed by atoms with Crippen molar-refractivity contribution in [1.82, 2.24) is 0 Å². The Morgan fingerprint density at radius 3 is 2.76 bits per heavy atom. The predicted octanol–water partition coefficient (Wildman–Crippen LogP) is 3.46. The number of fused-ring (bicyclic) bond motifs is 1. The molecule has 0 spiro atoms. The molecule has 17 heavy (non-hydrogen) atoms. The summed E-state index contributed by atoms with van der Waals surface area (Å²) in [4.78, 5) is 0. The Morgan fingerprint density at radius 2 is 1.94 bits per heavy atom. The molecule has 1 heterocycles. The third-order valence-electron chi connectivity index (χ3n) is 3.19. The molecule has 0 radical (unpaired) electrons. The number of rotatable bonds is 2. The smallest absolute Gasteiger partial charge is 0.123 e. The first-order valence-corrected chi connectivity index (χ1v) is 7.05. The van der Waals surface area contributed by atoms with Crippen LogP contribution in [0.4, 0.5) is 5.69 Å². The maximum atomic E-state index is 9.82. The maximum absolute atomic E-state index is 9.82. The van der Waals surface area contributed by atoms with Gasteiger partial charge in [-0.1, -0.05) is 24.3 Å². The zero-order valence-electron chi connectivity index (χ0n) is 9.52. The van der Waals surface area contributed by atoms with Crippen LogP contribution in [0.25, 0.3) is 10.8 Å². The van der Waals surface area contributed by atoms with Crippen molar-refractivity contribution in [1.29, 1.82) is 0 Å². The lowest BCUT2D eigenvalue weighted by Crippen LogP contribution is -2.18. The standard InChI is InChI=1S/C14H15NOS/c16-14-6-2-3-11-12(14)4-1-5-13(11)15-10-7-8-17-9-10/h1-6,10,15-16H,7-9H2. The summed E-state index contributed by atoms with van der Waals surface area (Å²) in [6.07, 6.45) is 1.22. The van der Waals surface area contributed by atoms with Crippen molar-refractivity contribution < 1.29 is 5.11 Å². The van der Waals surface area contributed by atoms with Crippen LogP contribution < -0.4 is 5.32 Å². The summed E-state index contributed by atoms with van der Waals surface area (Å²) in [5, 5.41) is 15.4.